The van der Waals surface area contributed by atoms with Crippen LogP contribution in [-0.2, 0) is 9.53 Å². The number of ether oxygens (including phenoxy) is 1. The molecule has 1 aromatic carbocycles. The van der Waals surface area contributed by atoms with Crippen molar-refractivity contribution in [3.05, 3.63) is 29.8 Å². The van der Waals surface area contributed by atoms with Crippen LogP contribution in [0.3, 0.4) is 0 Å². The fourth-order valence-corrected chi connectivity index (χ4v) is 2.99. The molecule has 0 aromatic heterocycles. The summed E-state index contributed by atoms with van der Waals surface area (Å²) >= 11 is 0. The van der Waals surface area contributed by atoms with Crippen LogP contribution in [0, 0.1) is 5.92 Å². The molecule has 1 aliphatic rings. The predicted octanol–water partition coefficient (Wildman–Crippen LogP) is 1.94. The number of rotatable bonds is 7. The van der Waals surface area contributed by atoms with E-state index in [4.69, 9.17) is 9.84 Å². The lowest BCUT2D eigenvalue weighted by atomic mass is 9.86. The quantitative estimate of drug-likeness (QED) is 0.663. The molecule has 0 heterocycles. The number of hydrogen-bond donors (Lipinski definition) is 3. The molecule has 0 spiro atoms. The second-order valence-corrected chi connectivity index (χ2v) is 6.21. The Balaban J connectivity index is 1.85. The van der Waals surface area contributed by atoms with E-state index in [-0.39, 0.29) is 25.2 Å². The molecule has 2 atom stereocenters. The lowest BCUT2D eigenvalue weighted by Crippen LogP contribution is -2.42. The molecule has 0 aliphatic heterocycles. The zero-order valence-corrected chi connectivity index (χ0v) is 14.1. The third-order valence-electron chi connectivity index (χ3n) is 4.37. The first kappa shape index (κ1) is 18.3. The summed E-state index contributed by atoms with van der Waals surface area (Å²) in [7, 11) is 0. The van der Waals surface area contributed by atoms with Crippen LogP contribution in [0.25, 0.3) is 0 Å². The minimum atomic E-state index is -0.553. The van der Waals surface area contributed by atoms with E-state index in [0.717, 1.165) is 19.3 Å². The fraction of sp³-hybridized carbons (Fsp3) is 0.556. The number of benzene rings is 1. The van der Waals surface area contributed by atoms with E-state index < -0.39 is 5.97 Å². The maximum absolute atomic E-state index is 12.2. The largest absolute Gasteiger partial charge is 0.452 e. The average Bonchev–Trinajstić information content (AvgIpc) is 2.60. The van der Waals surface area contributed by atoms with Crippen LogP contribution in [0.4, 0.5) is 5.69 Å². The number of nitrogens with one attached hydrogen (secondary N) is 2. The first-order chi connectivity index (χ1) is 11.6. The van der Waals surface area contributed by atoms with E-state index >= 15 is 0 Å². The Morgan fingerprint density at radius 1 is 1.25 bits per heavy atom. The molecule has 3 N–H and O–H groups in total. The Hall–Kier alpha value is -2.08. The fourth-order valence-electron chi connectivity index (χ4n) is 2.99. The third-order valence-corrected chi connectivity index (χ3v) is 4.37. The van der Waals surface area contributed by atoms with E-state index in [9.17, 15) is 9.59 Å². The van der Waals surface area contributed by atoms with Crippen molar-refractivity contribution in [3.63, 3.8) is 0 Å². The molecule has 1 fully saturated rings. The van der Waals surface area contributed by atoms with Gasteiger partial charge in [-0.25, -0.2) is 4.79 Å². The summed E-state index contributed by atoms with van der Waals surface area (Å²) in [6.07, 6.45) is 4.43. The van der Waals surface area contributed by atoms with Crippen molar-refractivity contribution < 1.29 is 19.4 Å². The summed E-state index contributed by atoms with van der Waals surface area (Å²) in [6.45, 7) is 2.16. The van der Waals surface area contributed by atoms with Crippen LogP contribution >= 0.6 is 0 Å². The first-order valence-corrected chi connectivity index (χ1v) is 8.52. The maximum Gasteiger partial charge on any atom is 0.340 e. The Labute approximate surface area is 142 Å². The van der Waals surface area contributed by atoms with Gasteiger partial charge in [0.05, 0.1) is 12.2 Å². The minimum absolute atomic E-state index is 0.0363. The summed E-state index contributed by atoms with van der Waals surface area (Å²) in [5.74, 6) is -0.354. The van der Waals surface area contributed by atoms with Gasteiger partial charge in [0.2, 0.25) is 0 Å². The molecule has 1 aromatic rings. The zero-order chi connectivity index (χ0) is 17.4. The van der Waals surface area contributed by atoms with Crippen LogP contribution < -0.4 is 10.6 Å². The van der Waals surface area contributed by atoms with Crippen LogP contribution in [-0.4, -0.2) is 42.8 Å². The number of carbonyl (C=O) groups is 2. The topological polar surface area (TPSA) is 87.7 Å². The first-order valence-electron chi connectivity index (χ1n) is 8.52. The summed E-state index contributed by atoms with van der Waals surface area (Å²) in [5.41, 5.74) is 0.933. The molecule has 24 heavy (non-hydrogen) atoms. The van der Waals surface area contributed by atoms with Crippen LogP contribution in [0.5, 0.6) is 0 Å². The monoisotopic (exact) mass is 334 g/mol. The van der Waals surface area contributed by atoms with Crippen molar-refractivity contribution in [2.45, 2.75) is 38.6 Å². The van der Waals surface area contributed by atoms with Gasteiger partial charge in [0.25, 0.3) is 5.91 Å². The SMILES string of the molecule is C[C@@H]1CCCC[C@H]1NC(=O)COC(=O)c1ccccc1NCCO. The second kappa shape index (κ2) is 9.27. The highest BCUT2D eigenvalue weighted by atomic mass is 16.5. The van der Waals surface area contributed by atoms with Crippen molar-refractivity contribution in [1.29, 1.82) is 0 Å². The Morgan fingerprint density at radius 3 is 2.75 bits per heavy atom. The van der Waals surface area contributed by atoms with Gasteiger partial charge >= 0.3 is 5.97 Å². The highest BCUT2D eigenvalue weighted by Gasteiger charge is 2.23. The van der Waals surface area contributed by atoms with Crippen LogP contribution in [0.15, 0.2) is 24.3 Å². The Morgan fingerprint density at radius 2 is 2.00 bits per heavy atom. The number of carbonyl (C=O) groups excluding carboxylic acids is 2. The molecule has 6 heteroatoms. The number of amides is 1. The molecular weight excluding hydrogens is 308 g/mol. The maximum atomic E-state index is 12.2. The van der Waals surface area contributed by atoms with Crippen molar-refractivity contribution in [3.8, 4) is 0 Å². The van der Waals surface area contributed by atoms with E-state index in [0.29, 0.717) is 23.7 Å². The predicted molar refractivity (Wildman–Crippen MR) is 91.9 cm³/mol. The van der Waals surface area contributed by atoms with Gasteiger partial charge in [0.15, 0.2) is 6.61 Å². The van der Waals surface area contributed by atoms with Gasteiger partial charge in [-0.05, 0) is 30.9 Å². The molecule has 2 rings (SSSR count). The molecule has 0 bridgehead atoms. The molecule has 1 amide bonds. The van der Waals surface area contributed by atoms with Crippen molar-refractivity contribution in [1.82, 2.24) is 5.32 Å². The highest BCUT2D eigenvalue weighted by molar-refractivity contribution is 5.96. The van der Waals surface area contributed by atoms with Gasteiger partial charge < -0.3 is 20.5 Å². The number of esters is 1. The number of para-hydroxylation sites is 1. The summed E-state index contributed by atoms with van der Waals surface area (Å²) in [5, 5.41) is 14.8. The van der Waals surface area contributed by atoms with Gasteiger partial charge in [0, 0.05) is 18.3 Å². The summed E-state index contributed by atoms with van der Waals surface area (Å²) < 4.78 is 5.13. The van der Waals surface area contributed by atoms with Gasteiger partial charge in [-0.1, -0.05) is 31.9 Å². The summed E-state index contributed by atoms with van der Waals surface area (Å²) in [4.78, 5) is 24.2. The number of aliphatic hydroxyl groups is 1. The van der Waals surface area contributed by atoms with Gasteiger partial charge in [-0.2, -0.15) is 0 Å². The molecule has 132 valence electrons. The Bertz CT molecular complexity index is 562. The van der Waals surface area contributed by atoms with Crippen molar-refractivity contribution in [2.75, 3.05) is 25.1 Å². The van der Waals surface area contributed by atoms with Crippen LogP contribution in [0.2, 0.25) is 0 Å². The number of aliphatic hydroxyl groups excluding tert-OH is 1. The van der Waals surface area contributed by atoms with Crippen LogP contribution in [0.1, 0.15) is 43.0 Å². The lowest BCUT2D eigenvalue weighted by molar-refractivity contribution is -0.125. The van der Waals surface area contributed by atoms with Crippen molar-refractivity contribution in [2.24, 2.45) is 5.92 Å². The zero-order valence-electron chi connectivity index (χ0n) is 14.1. The molecule has 6 nitrogen and oxygen atoms in total. The standard InChI is InChI=1S/C18H26N2O4/c1-13-6-2-4-8-15(13)20-17(22)12-24-18(23)14-7-3-5-9-16(14)19-10-11-21/h3,5,7,9,13,15,19,21H,2,4,6,8,10-12H2,1H3,(H,20,22)/t13-,15-/m1/s1. The second-order valence-electron chi connectivity index (χ2n) is 6.21. The molecule has 0 unspecified atom stereocenters. The summed E-state index contributed by atoms with van der Waals surface area (Å²) in [6, 6.07) is 7.04. The molecule has 1 saturated carbocycles. The van der Waals surface area contributed by atoms with Crippen molar-refractivity contribution >= 4 is 17.6 Å². The number of hydrogen-bond acceptors (Lipinski definition) is 5. The third kappa shape index (κ3) is 5.23. The molecule has 0 saturated heterocycles. The molecular formula is C18H26N2O4. The number of anilines is 1. The molecule has 0 radical (unpaired) electrons. The van der Waals surface area contributed by atoms with E-state index in [1.165, 1.54) is 6.42 Å². The average molecular weight is 334 g/mol. The normalized spacial score (nSPS) is 20.2. The minimum Gasteiger partial charge on any atom is -0.452 e. The lowest BCUT2D eigenvalue weighted by Gasteiger charge is -2.29. The van der Waals surface area contributed by atoms with Gasteiger partial charge in [-0.3, -0.25) is 4.79 Å². The van der Waals surface area contributed by atoms with E-state index in [1.807, 2.05) is 0 Å². The molecule has 1 aliphatic carbocycles. The van der Waals surface area contributed by atoms with E-state index in [2.05, 4.69) is 17.6 Å². The smallest absolute Gasteiger partial charge is 0.340 e. The Kier molecular flexibility index (Phi) is 7.06. The highest BCUT2D eigenvalue weighted by Crippen LogP contribution is 2.23. The van der Waals surface area contributed by atoms with Gasteiger partial charge in [0.1, 0.15) is 0 Å². The van der Waals surface area contributed by atoms with E-state index in [1.54, 1.807) is 24.3 Å². The van der Waals surface area contributed by atoms with Gasteiger partial charge in [-0.15, -0.1) is 0 Å².